The van der Waals surface area contributed by atoms with Crippen molar-refractivity contribution in [3.63, 3.8) is 0 Å². The fourth-order valence-electron chi connectivity index (χ4n) is 2.36. The number of ether oxygens (including phenoxy) is 1. The first kappa shape index (κ1) is 17.6. The molecule has 0 fully saturated rings. The van der Waals surface area contributed by atoms with Crippen LogP contribution < -0.4 is 4.74 Å². The molecule has 5 nitrogen and oxygen atoms in total. The van der Waals surface area contributed by atoms with Crippen molar-refractivity contribution in [3.8, 4) is 5.75 Å². The number of benzene rings is 2. The molecule has 0 aliphatic carbocycles. The fraction of sp³-hybridized carbons (Fsp3) is 0.111. The van der Waals surface area contributed by atoms with Gasteiger partial charge in [0.15, 0.2) is 0 Å². The summed E-state index contributed by atoms with van der Waals surface area (Å²) in [5.41, 5.74) is 3.80. The van der Waals surface area contributed by atoms with Gasteiger partial charge in [0.2, 0.25) is 0 Å². The van der Waals surface area contributed by atoms with Crippen molar-refractivity contribution in [2.45, 2.75) is 6.42 Å². The third-order valence-corrected chi connectivity index (χ3v) is 3.51. The molecule has 0 spiro atoms. The number of aromatic nitrogens is 2. The molecule has 2 N–H and O–H groups in total. The number of nitrogens with one attached hydrogen (secondary N) is 1. The standard InChI is InChI=1S/C18H16N2O3.ClH/c1-23-14-7-8-15-16(11-14)20-17(19-15)10-13-4-2-12(3-5-13)6-9-18(21)22;/h2-9,11H,10H2,1H3,(H,19,20)(H,21,22);1H/b9-6+;. The summed E-state index contributed by atoms with van der Waals surface area (Å²) >= 11 is 0. The predicted octanol–water partition coefficient (Wildman–Crippen LogP) is 3.68. The van der Waals surface area contributed by atoms with Crippen molar-refractivity contribution in [2.24, 2.45) is 0 Å². The van der Waals surface area contributed by atoms with Gasteiger partial charge in [0.05, 0.1) is 18.1 Å². The monoisotopic (exact) mass is 344 g/mol. The molecule has 0 atom stereocenters. The number of hydrogen-bond donors (Lipinski definition) is 2. The number of carbonyl (C=O) groups is 1. The summed E-state index contributed by atoms with van der Waals surface area (Å²) in [6.45, 7) is 0. The Hall–Kier alpha value is -2.79. The minimum Gasteiger partial charge on any atom is -0.497 e. The molecule has 3 aromatic rings. The molecule has 1 aromatic heterocycles. The number of hydrogen-bond acceptors (Lipinski definition) is 3. The zero-order valence-corrected chi connectivity index (χ0v) is 13.8. The van der Waals surface area contributed by atoms with Crippen LogP contribution in [-0.4, -0.2) is 28.2 Å². The molecule has 24 heavy (non-hydrogen) atoms. The van der Waals surface area contributed by atoms with E-state index in [4.69, 9.17) is 9.84 Å². The molecule has 0 aliphatic rings. The maximum absolute atomic E-state index is 10.5. The van der Waals surface area contributed by atoms with E-state index < -0.39 is 5.97 Å². The average molecular weight is 345 g/mol. The Morgan fingerprint density at radius 2 is 2.00 bits per heavy atom. The van der Waals surface area contributed by atoms with Crippen LogP contribution in [0.2, 0.25) is 0 Å². The topological polar surface area (TPSA) is 75.2 Å². The van der Waals surface area contributed by atoms with Crippen LogP contribution in [-0.2, 0) is 11.2 Å². The van der Waals surface area contributed by atoms with Gasteiger partial charge in [-0.15, -0.1) is 12.4 Å². The summed E-state index contributed by atoms with van der Waals surface area (Å²) in [6, 6.07) is 13.4. The molecule has 124 valence electrons. The first-order valence-electron chi connectivity index (χ1n) is 7.16. The first-order chi connectivity index (χ1) is 11.1. The number of carboxylic acid groups (broad SMARTS) is 1. The highest BCUT2D eigenvalue weighted by molar-refractivity contribution is 5.85. The molecular weight excluding hydrogens is 328 g/mol. The molecule has 0 amide bonds. The third kappa shape index (κ3) is 4.14. The second-order valence-electron chi connectivity index (χ2n) is 5.16. The lowest BCUT2D eigenvalue weighted by atomic mass is 10.1. The van der Waals surface area contributed by atoms with Gasteiger partial charge >= 0.3 is 5.97 Å². The number of fused-ring (bicyclic) bond motifs is 1. The van der Waals surface area contributed by atoms with Gasteiger partial charge in [0, 0.05) is 18.6 Å². The van der Waals surface area contributed by atoms with Crippen LogP contribution in [0.25, 0.3) is 17.1 Å². The smallest absolute Gasteiger partial charge is 0.328 e. The number of imidazole rings is 1. The summed E-state index contributed by atoms with van der Waals surface area (Å²) in [5.74, 6) is 0.719. The molecule has 2 aromatic carbocycles. The Kier molecular flexibility index (Phi) is 5.60. The maximum Gasteiger partial charge on any atom is 0.328 e. The number of methoxy groups -OCH3 is 1. The molecule has 3 rings (SSSR count). The van der Waals surface area contributed by atoms with Crippen LogP contribution in [0.5, 0.6) is 5.75 Å². The SMILES string of the molecule is COc1ccc2nc(Cc3ccc(/C=C/C(=O)O)cc3)[nH]c2c1.Cl. The van der Waals surface area contributed by atoms with Gasteiger partial charge in [0.25, 0.3) is 0 Å². The molecule has 6 heteroatoms. The van der Waals surface area contributed by atoms with Crippen LogP contribution in [0.15, 0.2) is 48.5 Å². The summed E-state index contributed by atoms with van der Waals surface area (Å²) in [5, 5.41) is 8.62. The Balaban J connectivity index is 0.00000208. The summed E-state index contributed by atoms with van der Waals surface area (Å²) in [6.07, 6.45) is 3.38. The molecular formula is C18H17ClN2O3. The Morgan fingerprint density at radius 1 is 1.25 bits per heavy atom. The van der Waals surface area contributed by atoms with E-state index in [1.807, 2.05) is 42.5 Å². The van der Waals surface area contributed by atoms with Crippen molar-refractivity contribution in [3.05, 3.63) is 65.5 Å². The number of nitrogens with zero attached hydrogens (tertiary/aromatic N) is 1. The van der Waals surface area contributed by atoms with Gasteiger partial charge in [-0.05, 0) is 29.3 Å². The van der Waals surface area contributed by atoms with E-state index in [1.165, 1.54) is 0 Å². The second-order valence-corrected chi connectivity index (χ2v) is 5.16. The normalized spacial score (nSPS) is 10.7. The number of carboxylic acids is 1. The predicted molar refractivity (Wildman–Crippen MR) is 95.8 cm³/mol. The van der Waals surface area contributed by atoms with Gasteiger partial charge in [0.1, 0.15) is 11.6 Å². The van der Waals surface area contributed by atoms with Crippen molar-refractivity contribution in [1.29, 1.82) is 0 Å². The highest BCUT2D eigenvalue weighted by Gasteiger charge is 2.05. The molecule has 1 heterocycles. The summed E-state index contributed by atoms with van der Waals surface area (Å²) in [4.78, 5) is 18.4. The zero-order valence-electron chi connectivity index (χ0n) is 13.0. The van der Waals surface area contributed by atoms with E-state index in [1.54, 1.807) is 13.2 Å². The highest BCUT2D eigenvalue weighted by Crippen LogP contribution is 2.20. The maximum atomic E-state index is 10.5. The Labute approximate surface area is 145 Å². The Morgan fingerprint density at radius 3 is 2.67 bits per heavy atom. The van der Waals surface area contributed by atoms with E-state index in [0.717, 1.165) is 39.8 Å². The molecule has 0 radical (unpaired) electrons. The van der Waals surface area contributed by atoms with Gasteiger partial charge in [-0.2, -0.15) is 0 Å². The average Bonchev–Trinajstić information content (AvgIpc) is 2.95. The number of rotatable bonds is 5. The van der Waals surface area contributed by atoms with E-state index in [0.29, 0.717) is 6.42 Å². The highest BCUT2D eigenvalue weighted by atomic mass is 35.5. The van der Waals surface area contributed by atoms with Crippen molar-refractivity contribution < 1.29 is 14.6 Å². The van der Waals surface area contributed by atoms with Gasteiger partial charge in [-0.3, -0.25) is 0 Å². The van der Waals surface area contributed by atoms with Crippen LogP contribution in [0.4, 0.5) is 0 Å². The lowest BCUT2D eigenvalue weighted by molar-refractivity contribution is -0.131. The van der Waals surface area contributed by atoms with Crippen molar-refractivity contribution in [1.82, 2.24) is 9.97 Å². The molecule has 0 unspecified atom stereocenters. The molecule has 0 saturated heterocycles. The fourth-order valence-corrected chi connectivity index (χ4v) is 2.36. The minimum atomic E-state index is -0.952. The van der Waals surface area contributed by atoms with E-state index in [9.17, 15) is 4.79 Å². The van der Waals surface area contributed by atoms with Crippen LogP contribution in [0.3, 0.4) is 0 Å². The number of aromatic amines is 1. The van der Waals surface area contributed by atoms with Crippen molar-refractivity contribution >= 4 is 35.5 Å². The largest absolute Gasteiger partial charge is 0.497 e. The lowest BCUT2D eigenvalue weighted by Crippen LogP contribution is -1.91. The number of H-pyrrole nitrogens is 1. The second kappa shape index (κ2) is 7.66. The van der Waals surface area contributed by atoms with Crippen molar-refractivity contribution in [2.75, 3.05) is 7.11 Å². The van der Waals surface area contributed by atoms with E-state index >= 15 is 0 Å². The minimum absolute atomic E-state index is 0. The molecule has 0 aliphatic heterocycles. The van der Waals surface area contributed by atoms with E-state index in [-0.39, 0.29) is 12.4 Å². The quantitative estimate of drug-likeness (QED) is 0.692. The molecule has 0 bridgehead atoms. The summed E-state index contributed by atoms with van der Waals surface area (Å²) in [7, 11) is 1.64. The van der Waals surface area contributed by atoms with Gasteiger partial charge in [-0.25, -0.2) is 9.78 Å². The van der Waals surface area contributed by atoms with Crippen LogP contribution in [0, 0.1) is 0 Å². The van der Waals surface area contributed by atoms with Gasteiger partial charge in [-0.1, -0.05) is 24.3 Å². The Bertz CT molecular complexity index is 870. The van der Waals surface area contributed by atoms with Crippen LogP contribution in [0.1, 0.15) is 17.0 Å². The molecule has 0 saturated carbocycles. The van der Waals surface area contributed by atoms with Gasteiger partial charge < -0.3 is 14.8 Å². The third-order valence-electron chi connectivity index (χ3n) is 3.51. The van der Waals surface area contributed by atoms with Crippen LogP contribution >= 0.6 is 12.4 Å². The first-order valence-corrected chi connectivity index (χ1v) is 7.16. The number of aliphatic carboxylic acids is 1. The zero-order chi connectivity index (χ0) is 16.2. The summed E-state index contributed by atoms with van der Waals surface area (Å²) < 4.78 is 5.21. The van der Waals surface area contributed by atoms with E-state index in [2.05, 4.69) is 9.97 Å². The lowest BCUT2D eigenvalue weighted by Gasteiger charge is -1.99. The number of halogens is 1.